The molecule has 0 saturated carbocycles. The zero-order valence-electron chi connectivity index (χ0n) is 8.10. The van der Waals surface area contributed by atoms with E-state index in [1.807, 2.05) is 0 Å². The van der Waals surface area contributed by atoms with E-state index in [1.165, 1.54) is 6.07 Å². The number of allylic oxidation sites excluding steroid dienone is 1. The molecule has 0 saturated heterocycles. The average molecular weight is 223 g/mol. The number of hydrogen-bond acceptors (Lipinski definition) is 3. The predicted molar refractivity (Wildman–Crippen MR) is 56.5 cm³/mol. The maximum absolute atomic E-state index is 11.5. The molecule has 15 heavy (non-hydrogen) atoms. The van der Waals surface area contributed by atoms with Crippen LogP contribution in [0.4, 0.5) is 0 Å². The average Bonchev–Trinajstić information content (AvgIpc) is 2.17. The quantitative estimate of drug-likeness (QED) is 0.579. The third-order valence-electron chi connectivity index (χ3n) is 1.78. The third kappa shape index (κ3) is 2.40. The van der Waals surface area contributed by atoms with Gasteiger partial charge in [-0.2, -0.15) is 8.42 Å². The van der Waals surface area contributed by atoms with E-state index in [1.54, 1.807) is 25.1 Å². The zero-order valence-corrected chi connectivity index (χ0v) is 8.91. The van der Waals surface area contributed by atoms with Crippen LogP contribution in [0.25, 0.3) is 5.57 Å². The Bertz CT molecular complexity index is 540. The number of sulfonamides is 1. The van der Waals surface area contributed by atoms with Gasteiger partial charge in [-0.15, -0.1) is 0 Å². The SMILES string of the molecule is C=C(C)c1ccccc1S(=O)(=O)N=C=O. The molecule has 78 valence electrons. The molecule has 1 rings (SSSR count). The van der Waals surface area contributed by atoms with Crippen molar-refractivity contribution in [2.24, 2.45) is 4.40 Å². The summed E-state index contributed by atoms with van der Waals surface area (Å²) in [6, 6.07) is 6.23. The van der Waals surface area contributed by atoms with E-state index in [9.17, 15) is 13.2 Å². The number of nitrogens with zero attached hydrogens (tertiary/aromatic N) is 1. The molecule has 1 aromatic carbocycles. The van der Waals surface area contributed by atoms with Crippen molar-refractivity contribution < 1.29 is 13.2 Å². The Morgan fingerprint density at radius 1 is 1.40 bits per heavy atom. The highest BCUT2D eigenvalue weighted by atomic mass is 32.2. The summed E-state index contributed by atoms with van der Waals surface area (Å²) in [7, 11) is -3.95. The molecule has 0 bridgehead atoms. The number of isocyanates is 1. The Balaban J connectivity index is 3.51. The van der Waals surface area contributed by atoms with Crippen LogP contribution in [0.1, 0.15) is 12.5 Å². The van der Waals surface area contributed by atoms with Crippen LogP contribution in [0.3, 0.4) is 0 Å². The van der Waals surface area contributed by atoms with E-state index in [4.69, 9.17) is 0 Å². The van der Waals surface area contributed by atoms with Crippen LogP contribution < -0.4 is 0 Å². The van der Waals surface area contributed by atoms with E-state index < -0.39 is 10.0 Å². The van der Waals surface area contributed by atoms with Gasteiger partial charge >= 0.3 is 0 Å². The fourth-order valence-electron chi connectivity index (χ4n) is 1.14. The van der Waals surface area contributed by atoms with Gasteiger partial charge in [0, 0.05) is 0 Å². The first-order valence-corrected chi connectivity index (χ1v) is 5.52. The van der Waals surface area contributed by atoms with Crippen LogP contribution in [0, 0.1) is 0 Å². The molecule has 0 unspecified atom stereocenters. The third-order valence-corrected chi connectivity index (χ3v) is 3.01. The Labute approximate surface area is 88.0 Å². The molecule has 0 radical (unpaired) electrons. The lowest BCUT2D eigenvalue weighted by atomic mass is 10.1. The molecule has 0 N–H and O–H groups in total. The normalized spacial score (nSPS) is 10.5. The molecule has 4 nitrogen and oxygen atoms in total. The molecular weight excluding hydrogens is 214 g/mol. The lowest BCUT2D eigenvalue weighted by Gasteiger charge is -2.05. The van der Waals surface area contributed by atoms with Gasteiger partial charge in [0.05, 0.1) is 4.90 Å². The molecule has 0 atom stereocenters. The van der Waals surface area contributed by atoms with Crippen molar-refractivity contribution in [3.63, 3.8) is 0 Å². The van der Waals surface area contributed by atoms with E-state index >= 15 is 0 Å². The first-order chi connectivity index (χ1) is 6.99. The largest absolute Gasteiger partial charge is 0.293 e. The van der Waals surface area contributed by atoms with Gasteiger partial charge < -0.3 is 0 Å². The fraction of sp³-hybridized carbons (Fsp3) is 0.100. The highest BCUT2D eigenvalue weighted by molar-refractivity contribution is 7.90. The van der Waals surface area contributed by atoms with Crippen molar-refractivity contribution in [3.8, 4) is 0 Å². The van der Waals surface area contributed by atoms with Crippen LogP contribution >= 0.6 is 0 Å². The summed E-state index contributed by atoms with van der Waals surface area (Å²) in [6.45, 7) is 5.33. The molecule has 1 aromatic rings. The molecule has 0 aromatic heterocycles. The second kappa shape index (κ2) is 4.21. The number of carbonyl (C=O) groups excluding carboxylic acids is 1. The smallest absolute Gasteiger partial charge is 0.210 e. The van der Waals surface area contributed by atoms with Gasteiger partial charge in [0.2, 0.25) is 0 Å². The number of benzene rings is 1. The summed E-state index contributed by atoms with van der Waals surface area (Å²) in [5.41, 5.74) is 1.05. The van der Waals surface area contributed by atoms with Gasteiger partial charge in [0.25, 0.3) is 16.1 Å². The minimum Gasteiger partial charge on any atom is -0.210 e. The van der Waals surface area contributed by atoms with Gasteiger partial charge in [-0.05, 0) is 24.1 Å². The second-order valence-corrected chi connectivity index (χ2v) is 4.51. The lowest BCUT2D eigenvalue weighted by molar-refractivity contribution is 0.563. The van der Waals surface area contributed by atoms with E-state index in [-0.39, 0.29) is 4.90 Å². The highest BCUT2D eigenvalue weighted by Gasteiger charge is 2.16. The Hall–Kier alpha value is -1.71. The lowest BCUT2D eigenvalue weighted by Crippen LogP contribution is -2.00. The van der Waals surface area contributed by atoms with Crippen LogP contribution in [0.15, 0.2) is 40.1 Å². The van der Waals surface area contributed by atoms with Crippen LogP contribution in [0.5, 0.6) is 0 Å². The summed E-state index contributed by atoms with van der Waals surface area (Å²) in [6.07, 6.45) is 1.03. The van der Waals surface area contributed by atoms with Gasteiger partial charge in [-0.3, -0.25) is 0 Å². The maximum Gasteiger partial charge on any atom is 0.293 e. The number of rotatable bonds is 3. The summed E-state index contributed by atoms with van der Waals surface area (Å²) >= 11 is 0. The molecule has 0 spiro atoms. The molecule has 0 heterocycles. The molecule has 0 aliphatic heterocycles. The molecule has 0 amide bonds. The maximum atomic E-state index is 11.5. The first kappa shape index (κ1) is 11.4. The predicted octanol–water partition coefficient (Wildman–Crippen LogP) is 1.74. The van der Waals surface area contributed by atoms with Crippen molar-refractivity contribution in [1.82, 2.24) is 0 Å². The number of hydrogen-bond donors (Lipinski definition) is 0. The van der Waals surface area contributed by atoms with Gasteiger partial charge in [0.1, 0.15) is 0 Å². The monoisotopic (exact) mass is 223 g/mol. The summed E-state index contributed by atoms with van der Waals surface area (Å²) < 4.78 is 25.8. The van der Waals surface area contributed by atoms with Crippen molar-refractivity contribution in [2.45, 2.75) is 11.8 Å². The van der Waals surface area contributed by atoms with Crippen LogP contribution in [0.2, 0.25) is 0 Å². The van der Waals surface area contributed by atoms with E-state index in [0.29, 0.717) is 11.1 Å². The fourth-order valence-corrected chi connectivity index (χ4v) is 2.11. The zero-order chi connectivity index (χ0) is 11.5. The Morgan fingerprint density at radius 2 is 2.00 bits per heavy atom. The van der Waals surface area contributed by atoms with Crippen molar-refractivity contribution in [1.29, 1.82) is 0 Å². The highest BCUT2D eigenvalue weighted by Crippen LogP contribution is 2.22. The van der Waals surface area contributed by atoms with E-state index in [0.717, 1.165) is 6.08 Å². The summed E-state index contributed by atoms with van der Waals surface area (Å²) in [5, 5.41) is 0. The first-order valence-electron chi connectivity index (χ1n) is 4.08. The minimum atomic E-state index is -3.95. The van der Waals surface area contributed by atoms with Gasteiger partial charge in [0.15, 0.2) is 0 Å². The molecular formula is C10H9NO3S. The molecule has 0 aliphatic rings. The van der Waals surface area contributed by atoms with Crippen molar-refractivity contribution >= 4 is 21.7 Å². The Morgan fingerprint density at radius 3 is 2.53 bits per heavy atom. The van der Waals surface area contributed by atoms with Gasteiger partial charge in [-0.25, -0.2) is 4.79 Å². The van der Waals surface area contributed by atoms with Gasteiger partial charge in [-0.1, -0.05) is 29.2 Å². The van der Waals surface area contributed by atoms with Crippen molar-refractivity contribution in [3.05, 3.63) is 36.4 Å². The molecule has 0 fully saturated rings. The van der Waals surface area contributed by atoms with E-state index in [2.05, 4.69) is 11.0 Å². The molecule has 0 aliphatic carbocycles. The van der Waals surface area contributed by atoms with Crippen LogP contribution in [-0.2, 0) is 14.8 Å². The van der Waals surface area contributed by atoms with Crippen LogP contribution in [-0.4, -0.2) is 14.5 Å². The minimum absolute atomic E-state index is 0.0270. The second-order valence-electron chi connectivity index (χ2n) is 2.93. The summed E-state index contributed by atoms with van der Waals surface area (Å²) in [5.74, 6) is 0. The Kier molecular flexibility index (Phi) is 3.19. The summed E-state index contributed by atoms with van der Waals surface area (Å²) in [4.78, 5) is 9.95. The standard InChI is InChI=1S/C10H9NO3S/c1-8(2)9-5-3-4-6-10(9)15(13,14)11-7-12/h3-6H,1H2,2H3. The van der Waals surface area contributed by atoms with Crippen molar-refractivity contribution in [2.75, 3.05) is 0 Å². The molecule has 5 heteroatoms. The topological polar surface area (TPSA) is 63.6 Å².